The van der Waals surface area contributed by atoms with Crippen LogP contribution in [0.5, 0.6) is 0 Å². The maximum absolute atomic E-state index is 10.7. The highest BCUT2D eigenvalue weighted by molar-refractivity contribution is 6.30. The number of anilines is 1. The second kappa shape index (κ2) is 6.20. The smallest absolute Gasteiger partial charge is 0.289 e. The summed E-state index contributed by atoms with van der Waals surface area (Å²) in [4.78, 5) is 14.0. The number of benzene rings is 1. The van der Waals surface area contributed by atoms with Crippen molar-refractivity contribution in [3.8, 4) is 6.07 Å². The van der Waals surface area contributed by atoms with Crippen LogP contribution in [0.1, 0.15) is 24.1 Å². The number of nitro groups is 1. The Hall–Kier alpha value is -2.65. The third-order valence-corrected chi connectivity index (χ3v) is 3.18. The molecule has 1 N–H and O–H groups in total. The van der Waals surface area contributed by atoms with E-state index in [9.17, 15) is 10.1 Å². The van der Waals surface area contributed by atoms with Crippen LogP contribution in [0.25, 0.3) is 0 Å². The average Bonchev–Trinajstić information content (AvgIpc) is 2.48. The van der Waals surface area contributed by atoms with Crippen LogP contribution in [-0.4, -0.2) is 9.91 Å². The van der Waals surface area contributed by atoms with Crippen molar-refractivity contribution in [1.29, 1.82) is 5.26 Å². The number of nitriles is 1. The first-order valence-corrected chi connectivity index (χ1v) is 6.45. The van der Waals surface area contributed by atoms with Gasteiger partial charge in [0, 0.05) is 17.1 Å². The Morgan fingerprint density at radius 3 is 2.67 bits per heavy atom. The third-order valence-electron chi connectivity index (χ3n) is 2.93. The second-order valence-corrected chi connectivity index (χ2v) is 4.81. The number of rotatable bonds is 4. The zero-order valence-electron chi connectivity index (χ0n) is 11.1. The number of hydrogen-bond donors (Lipinski definition) is 1. The van der Waals surface area contributed by atoms with Gasteiger partial charge < -0.3 is 5.32 Å². The number of nitrogens with one attached hydrogen (secondary N) is 1. The van der Waals surface area contributed by atoms with Crippen LogP contribution in [0.3, 0.4) is 0 Å². The quantitative estimate of drug-likeness (QED) is 0.687. The van der Waals surface area contributed by atoms with Crippen molar-refractivity contribution in [2.45, 2.75) is 13.0 Å². The van der Waals surface area contributed by atoms with Gasteiger partial charge in [-0.2, -0.15) is 5.26 Å². The molecule has 2 rings (SSSR count). The van der Waals surface area contributed by atoms with Gasteiger partial charge >= 0.3 is 0 Å². The third kappa shape index (κ3) is 3.46. The van der Waals surface area contributed by atoms with Gasteiger partial charge in [0.25, 0.3) is 5.69 Å². The molecular weight excluding hydrogens is 292 g/mol. The fraction of sp³-hybridized carbons (Fsp3) is 0.143. The van der Waals surface area contributed by atoms with Crippen LogP contribution in [0.4, 0.5) is 11.5 Å². The molecule has 0 aliphatic carbocycles. The summed E-state index contributed by atoms with van der Waals surface area (Å²) in [5.74, 6) is 0.311. The summed E-state index contributed by atoms with van der Waals surface area (Å²) < 4.78 is 0. The molecule has 0 amide bonds. The SMILES string of the molecule is CC(Nc1ncc([N+](=O)[O-])cc1C#N)c1ccc(Cl)cc1. The minimum absolute atomic E-state index is 0.122. The van der Waals surface area contributed by atoms with Crippen LogP contribution in [0.15, 0.2) is 36.5 Å². The lowest BCUT2D eigenvalue weighted by molar-refractivity contribution is -0.385. The molecule has 0 saturated carbocycles. The average molecular weight is 303 g/mol. The van der Waals surface area contributed by atoms with E-state index in [4.69, 9.17) is 16.9 Å². The summed E-state index contributed by atoms with van der Waals surface area (Å²) in [7, 11) is 0. The molecule has 1 atom stereocenters. The van der Waals surface area contributed by atoms with Crippen LogP contribution in [0, 0.1) is 21.4 Å². The van der Waals surface area contributed by atoms with Crippen molar-refractivity contribution in [2.24, 2.45) is 0 Å². The summed E-state index contributed by atoms with van der Waals surface area (Å²) in [5.41, 5.74) is 0.879. The van der Waals surface area contributed by atoms with E-state index in [1.807, 2.05) is 25.1 Å². The molecule has 0 fully saturated rings. The molecule has 1 aromatic carbocycles. The van der Waals surface area contributed by atoms with Crippen LogP contribution >= 0.6 is 11.6 Å². The highest BCUT2D eigenvalue weighted by Crippen LogP contribution is 2.24. The molecule has 21 heavy (non-hydrogen) atoms. The molecule has 106 valence electrons. The Morgan fingerprint density at radius 2 is 2.10 bits per heavy atom. The number of hydrogen-bond acceptors (Lipinski definition) is 5. The van der Waals surface area contributed by atoms with E-state index in [-0.39, 0.29) is 17.3 Å². The predicted octanol–water partition coefficient (Wildman–Crippen LogP) is 3.69. The van der Waals surface area contributed by atoms with Gasteiger partial charge in [0.05, 0.1) is 4.92 Å². The van der Waals surface area contributed by atoms with Gasteiger partial charge in [-0.05, 0) is 24.6 Å². The molecular formula is C14H11ClN4O2. The normalized spacial score (nSPS) is 11.5. The Kier molecular flexibility index (Phi) is 4.36. The Balaban J connectivity index is 2.25. The molecule has 2 aromatic rings. The lowest BCUT2D eigenvalue weighted by atomic mass is 10.1. The number of nitrogens with zero attached hydrogens (tertiary/aromatic N) is 3. The highest BCUT2D eigenvalue weighted by atomic mass is 35.5. The van der Waals surface area contributed by atoms with Crippen molar-refractivity contribution >= 4 is 23.1 Å². The first kappa shape index (κ1) is 14.8. The molecule has 0 radical (unpaired) electrons. The number of pyridine rings is 1. The highest BCUT2D eigenvalue weighted by Gasteiger charge is 2.14. The monoisotopic (exact) mass is 302 g/mol. The molecule has 0 spiro atoms. The maximum atomic E-state index is 10.7. The lowest BCUT2D eigenvalue weighted by Gasteiger charge is -2.15. The van der Waals surface area contributed by atoms with Crippen molar-refractivity contribution in [3.63, 3.8) is 0 Å². The maximum Gasteiger partial charge on any atom is 0.289 e. The standard InChI is InChI=1S/C14H11ClN4O2/c1-9(10-2-4-12(15)5-3-10)18-14-11(7-16)6-13(8-17-14)19(20)21/h2-6,8-9H,1H3,(H,17,18). The fourth-order valence-electron chi connectivity index (χ4n) is 1.79. The van der Waals surface area contributed by atoms with Crippen molar-refractivity contribution in [3.05, 3.63) is 62.8 Å². The Labute approximate surface area is 126 Å². The summed E-state index contributed by atoms with van der Waals surface area (Å²) in [6.07, 6.45) is 1.12. The van der Waals surface area contributed by atoms with E-state index in [0.29, 0.717) is 10.8 Å². The molecule has 1 heterocycles. The van der Waals surface area contributed by atoms with Gasteiger partial charge in [0.1, 0.15) is 23.6 Å². The molecule has 0 bridgehead atoms. The van der Waals surface area contributed by atoms with E-state index >= 15 is 0 Å². The zero-order valence-corrected chi connectivity index (χ0v) is 11.8. The van der Waals surface area contributed by atoms with Crippen LogP contribution < -0.4 is 5.32 Å². The first-order chi connectivity index (χ1) is 10.0. The van der Waals surface area contributed by atoms with Crippen LogP contribution in [0.2, 0.25) is 5.02 Å². The minimum Gasteiger partial charge on any atom is -0.362 e. The molecule has 0 saturated heterocycles. The summed E-state index contributed by atoms with van der Waals surface area (Å²) in [5, 5.41) is 23.5. The van der Waals surface area contributed by atoms with Crippen molar-refractivity contribution in [2.75, 3.05) is 5.32 Å². The van der Waals surface area contributed by atoms with Gasteiger partial charge in [-0.15, -0.1) is 0 Å². The Morgan fingerprint density at radius 1 is 1.43 bits per heavy atom. The van der Waals surface area contributed by atoms with E-state index in [1.165, 1.54) is 6.07 Å². The molecule has 1 unspecified atom stereocenters. The van der Waals surface area contributed by atoms with Crippen molar-refractivity contribution < 1.29 is 4.92 Å². The van der Waals surface area contributed by atoms with E-state index < -0.39 is 4.92 Å². The van der Waals surface area contributed by atoms with Gasteiger partial charge in [-0.25, -0.2) is 4.98 Å². The molecule has 1 aromatic heterocycles. The van der Waals surface area contributed by atoms with E-state index in [1.54, 1.807) is 12.1 Å². The molecule has 0 aliphatic heterocycles. The largest absolute Gasteiger partial charge is 0.362 e. The number of halogens is 1. The summed E-state index contributed by atoms with van der Waals surface area (Å²) in [6, 6.07) is 10.2. The van der Waals surface area contributed by atoms with Crippen LogP contribution in [-0.2, 0) is 0 Å². The van der Waals surface area contributed by atoms with Gasteiger partial charge in [0.2, 0.25) is 0 Å². The van der Waals surface area contributed by atoms with Gasteiger partial charge in [-0.3, -0.25) is 10.1 Å². The minimum atomic E-state index is -0.583. The molecule has 6 nitrogen and oxygen atoms in total. The Bertz CT molecular complexity index is 710. The number of aromatic nitrogens is 1. The summed E-state index contributed by atoms with van der Waals surface area (Å²) in [6.45, 7) is 1.90. The van der Waals surface area contributed by atoms with Crippen molar-refractivity contribution in [1.82, 2.24) is 4.98 Å². The van der Waals surface area contributed by atoms with Gasteiger partial charge in [0.15, 0.2) is 0 Å². The molecule has 0 aliphatic rings. The lowest BCUT2D eigenvalue weighted by Crippen LogP contribution is -2.09. The second-order valence-electron chi connectivity index (χ2n) is 4.38. The first-order valence-electron chi connectivity index (χ1n) is 6.08. The summed E-state index contributed by atoms with van der Waals surface area (Å²) >= 11 is 5.83. The molecule has 7 heteroatoms. The van der Waals surface area contributed by atoms with E-state index in [2.05, 4.69) is 10.3 Å². The predicted molar refractivity (Wildman–Crippen MR) is 79.1 cm³/mol. The zero-order chi connectivity index (χ0) is 15.4. The van der Waals surface area contributed by atoms with Gasteiger partial charge in [-0.1, -0.05) is 23.7 Å². The van der Waals surface area contributed by atoms with E-state index in [0.717, 1.165) is 11.8 Å². The topological polar surface area (TPSA) is 91.8 Å². The fourth-order valence-corrected chi connectivity index (χ4v) is 1.92.